The zero-order chi connectivity index (χ0) is 11.7. The second kappa shape index (κ2) is 4.50. The summed E-state index contributed by atoms with van der Waals surface area (Å²) in [6.45, 7) is 9.42. The van der Waals surface area contributed by atoms with Crippen molar-refractivity contribution in [1.82, 2.24) is 15.3 Å². The first-order valence-electron chi connectivity index (χ1n) is 6.13. The third kappa shape index (κ3) is 2.59. The molecule has 0 saturated heterocycles. The van der Waals surface area contributed by atoms with Crippen molar-refractivity contribution in [2.24, 2.45) is 0 Å². The van der Waals surface area contributed by atoms with Gasteiger partial charge in [-0.15, -0.1) is 0 Å². The van der Waals surface area contributed by atoms with Crippen molar-refractivity contribution in [3.8, 4) is 0 Å². The van der Waals surface area contributed by atoms with Crippen LogP contribution in [0.5, 0.6) is 0 Å². The highest BCUT2D eigenvalue weighted by molar-refractivity contribution is 5.28. The third-order valence-electron chi connectivity index (χ3n) is 3.22. The Hall–Kier alpha value is -0.960. The van der Waals surface area contributed by atoms with Crippen LogP contribution >= 0.6 is 0 Å². The Morgan fingerprint density at radius 3 is 2.25 bits per heavy atom. The minimum Gasteiger partial charge on any atom is -0.313 e. The molecule has 3 heteroatoms. The summed E-state index contributed by atoms with van der Waals surface area (Å²) in [5.41, 5.74) is 3.59. The van der Waals surface area contributed by atoms with Gasteiger partial charge in [0, 0.05) is 24.0 Å². The lowest BCUT2D eigenvalue weighted by atomic mass is 9.98. The van der Waals surface area contributed by atoms with Gasteiger partial charge in [0.1, 0.15) is 5.82 Å². The number of nitrogens with one attached hydrogen (secondary N) is 1. The lowest BCUT2D eigenvalue weighted by Gasteiger charge is -2.17. The predicted molar refractivity (Wildman–Crippen MR) is 65.7 cm³/mol. The molecule has 2 rings (SSSR count). The average Bonchev–Trinajstić information content (AvgIpc) is 2.96. The quantitative estimate of drug-likeness (QED) is 0.844. The van der Waals surface area contributed by atoms with Gasteiger partial charge in [0.25, 0.3) is 0 Å². The zero-order valence-corrected chi connectivity index (χ0v) is 10.7. The second-order valence-corrected chi connectivity index (χ2v) is 4.94. The Morgan fingerprint density at radius 1 is 1.19 bits per heavy atom. The molecule has 1 atom stereocenters. The highest BCUT2D eigenvalue weighted by atomic mass is 15.0. The molecular weight excluding hydrogens is 198 g/mol. The lowest BCUT2D eigenvalue weighted by molar-refractivity contribution is 0.602. The molecule has 1 unspecified atom stereocenters. The highest BCUT2D eigenvalue weighted by Crippen LogP contribution is 2.23. The summed E-state index contributed by atoms with van der Waals surface area (Å²) in [5.74, 6) is 1.38. The lowest BCUT2D eigenvalue weighted by Crippen LogP contribution is -2.23. The molecular formula is C13H21N3. The van der Waals surface area contributed by atoms with Gasteiger partial charge in [0.05, 0.1) is 0 Å². The normalized spacial score (nSPS) is 17.5. The summed E-state index contributed by atoms with van der Waals surface area (Å²) in [6.07, 6.45) is 2.68. The van der Waals surface area contributed by atoms with Gasteiger partial charge in [-0.05, 0) is 45.1 Å². The topological polar surface area (TPSA) is 37.8 Å². The molecule has 1 fully saturated rings. The first kappa shape index (κ1) is 11.5. The van der Waals surface area contributed by atoms with E-state index in [9.17, 15) is 0 Å². The summed E-state index contributed by atoms with van der Waals surface area (Å²) in [4.78, 5) is 8.92. The summed E-state index contributed by atoms with van der Waals surface area (Å²) in [6, 6.07) is 0.773. The summed E-state index contributed by atoms with van der Waals surface area (Å²) >= 11 is 0. The van der Waals surface area contributed by atoms with Crippen LogP contribution in [0, 0.1) is 20.8 Å². The summed E-state index contributed by atoms with van der Waals surface area (Å²) in [7, 11) is 0. The van der Waals surface area contributed by atoms with E-state index in [1.807, 2.05) is 6.92 Å². The van der Waals surface area contributed by atoms with Gasteiger partial charge in [0.15, 0.2) is 0 Å². The summed E-state index contributed by atoms with van der Waals surface area (Å²) in [5, 5.41) is 3.57. The summed E-state index contributed by atoms with van der Waals surface area (Å²) < 4.78 is 0. The van der Waals surface area contributed by atoms with Crippen LogP contribution in [0.1, 0.15) is 48.5 Å². The van der Waals surface area contributed by atoms with E-state index >= 15 is 0 Å². The van der Waals surface area contributed by atoms with E-state index < -0.39 is 0 Å². The fourth-order valence-electron chi connectivity index (χ4n) is 2.34. The maximum absolute atomic E-state index is 4.46. The number of aromatic nitrogens is 2. The predicted octanol–water partition coefficient (Wildman–Crippen LogP) is 2.26. The molecule has 1 aromatic rings. The first-order valence-corrected chi connectivity index (χ1v) is 6.13. The molecule has 16 heavy (non-hydrogen) atoms. The van der Waals surface area contributed by atoms with Crippen molar-refractivity contribution in [3.63, 3.8) is 0 Å². The Bertz CT molecular complexity index is 360. The molecule has 0 aliphatic heterocycles. The van der Waals surface area contributed by atoms with Gasteiger partial charge in [0.2, 0.25) is 0 Å². The Balaban J connectivity index is 2.11. The van der Waals surface area contributed by atoms with Crippen molar-refractivity contribution in [2.45, 2.75) is 52.5 Å². The van der Waals surface area contributed by atoms with Gasteiger partial charge in [-0.25, -0.2) is 9.97 Å². The van der Waals surface area contributed by atoms with Crippen LogP contribution in [0.15, 0.2) is 0 Å². The average molecular weight is 219 g/mol. The molecule has 0 amide bonds. The Labute approximate surface area is 97.7 Å². The third-order valence-corrected chi connectivity index (χ3v) is 3.22. The van der Waals surface area contributed by atoms with Crippen LogP contribution in [0.4, 0.5) is 0 Å². The van der Waals surface area contributed by atoms with Crippen LogP contribution in [-0.2, 0) is 0 Å². The molecule has 1 N–H and O–H groups in total. The van der Waals surface area contributed by atoms with Crippen molar-refractivity contribution in [2.75, 3.05) is 6.54 Å². The number of hydrogen-bond donors (Lipinski definition) is 1. The molecule has 88 valence electrons. The van der Waals surface area contributed by atoms with Crippen molar-refractivity contribution >= 4 is 0 Å². The maximum atomic E-state index is 4.46. The van der Waals surface area contributed by atoms with Crippen molar-refractivity contribution in [3.05, 3.63) is 22.8 Å². The van der Waals surface area contributed by atoms with Crippen LogP contribution < -0.4 is 5.32 Å². The van der Waals surface area contributed by atoms with E-state index in [4.69, 9.17) is 0 Å². The molecule has 0 aromatic carbocycles. The van der Waals surface area contributed by atoms with E-state index in [1.165, 1.54) is 18.4 Å². The van der Waals surface area contributed by atoms with Gasteiger partial charge in [-0.2, -0.15) is 0 Å². The number of rotatable bonds is 4. The first-order chi connectivity index (χ1) is 7.58. The molecule has 0 radical (unpaired) electrons. The molecule has 0 bridgehead atoms. The Morgan fingerprint density at radius 2 is 1.75 bits per heavy atom. The van der Waals surface area contributed by atoms with Gasteiger partial charge in [-0.1, -0.05) is 6.92 Å². The van der Waals surface area contributed by atoms with Gasteiger partial charge in [-0.3, -0.25) is 0 Å². The smallest absolute Gasteiger partial charge is 0.125 e. The minimum absolute atomic E-state index is 0.501. The van der Waals surface area contributed by atoms with Crippen LogP contribution in [0.2, 0.25) is 0 Å². The standard InChI is InChI=1S/C13H21N3/c1-8(7-14-12-5-6-12)13-9(2)15-11(4)16-10(13)3/h8,12,14H,5-7H2,1-4H3. The SMILES string of the molecule is Cc1nc(C)c(C(C)CNC2CC2)c(C)n1. The van der Waals surface area contributed by atoms with E-state index in [1.54, 1.807) is 0 Å². The molecule has 0 spiro atoms. The molecule has 1 aromatic heterocycles. The van der Waals surface area contributed by atoms with E-state index in [0.29, 0.717) is 5.92 Å². The monoisotopic (exact) mass is 219 g/mol. The fourth-order valence-corrected chi connectivity index (χ4v) is 2.34. The second-order valence-electron chi connectivity index (χ2n) is 4.94. The molecule has 1 heterocycles. The molecule has 1 aliphatic carbocycles. The van der Waals surface area contributed by atoms with Crippen molar-refractivity contribution in [1.29, 1.82) is 0 Å². The number of aryl methyl sites for hydroxylation is 3. The Kier molecular flexibility index (Phi) is 3.24. The number of hydrogen-bond acceptors (Lipinski definition) is 3. The molecule has 1 aliphatic rings. The van der Waals surface area contributed by atoms with Gasteiger partial charge < -0.3 is 5.32 Å². The molecule has 3 nitrogen and oxygen atoms in total. The van der Waals surface area contributed by atoms with Gasteiger partial charge >= 0.3 is 0 Å². The highest BCUT2D eigenvalue weighted by Gasteiger charge is 2.22. The fraction of sp³-hybridized carbons (Fsp3) is 0.692. The maximum Gasteiger partial charge on any atom is 0.125 e. The van der Waals surface area contributed by atoms with E-state index in [-0.39, 0.29) is 0 Å². The molecule has 1 saturated carbocycles. The largest absolute Gasteiger partial charge is 0.313 e. The van der Waals surface area contributed by atoms with E-state index in [2.05, 4.69) is 36.1 Å². The number of nitrogens with zero attached hydrogens (tertiary/aromatic N) is 2. The zero-order valence-electron chi connectivity index (χ0n) is 10.7. The van der Waals surface area contributed by atoms with Crippen LogP contribution in [-0.4, -0.2) is 22.6 Å². The van der Waals surface area contributed by atoms with Crippen LogP contribution in [0.3, 0.4) is 0 Å². The minimum atomic E-state index is 0.501. The van der Waals surface area contributed by atoms with E-state index in [0.717, 1.165) is 29.8 Å². The van der Waals surface area contributed by atoms with Crippen molar-refractivity contribution < 1.29 is 0 Å². The van der Waals surface area contributed by atoms with Crippen LogP contribution in [0.25, 0.3) is 0 Å².